The van der Waals surface area contributed by atoms with Crippen molar-refractivity contribution in [2.24, 2.45) is 5.10 Å². The lowest BCUT2D eigenvalue weighted by atomic mass is 10.1. The number of aliphatic hydroxyl groups excluding tert-OH is 1. The Balaban J connectivity index is 2.17. The Kier molecular flexibility index (Phi) is 3.28. The van der Waals surface area contributed by atoms with Crippen LogP contribution >= 0.6 is 0 Å². The van der Waals surface area contributed by atoms with Gasteiger partial charge in [0.15, 0.2) is 6.29 Å². The summed E-state index contributed by atoms with van der Waals surface area (Å²) in [7, 11) is 1.81. The van der Waals surface area contributed by atoms with E-state index in [9.17, 15) is 0 Å². The van der Waals surface area contributed by atoms with Crippen LogP contribution in [0.5, 0.6) is 0 Å². The van der Waals surface area contributed by atoms with Crippen LogP contribution in [0.3, 0.4) is 0 Å². The van der Waals surface area contributed by atoms with Gasteiger partial charge in [-0.1, -0.05) is 12.1 Å². The monoisotopic (exact) mass is 236 g/mol. The molecule has 1 heterocycles. The van der Waals surface area contributed by atoms with Gasteiger partial charge in [0.25, 0.3) is 0 Å². The van der Waals surface area contributed by atoms with Crippen molar-refractivity contribution in [3.05, 3.63) is 29.3 Å². The Bertz CT molecular complexity index is 433. The number of anilines is 1. The predicted molar refractivity (Wildman–Crippen MR) is 65.0 cm³/mol. The molecule has 0 radical (unpaired) electrons. The van der Waals surface area contributed by atoms with Crippen molar-refractivity contribution in [3.63, 3.8) is 0 Å². The number of aliphatic hydroxyl groups is 2. The molecule has 2 rings (SSSR count). The maximum Gasteiger partial charge on any atom is 0.155 e. The van der Waals surface area contributed by atoms with Crippen LogP contribution in [0.15, 0.2) is 23.3 Å². The van der Waals surface area contributed by atoms with Crippen molar-refractivity contribution >= 4 is 12.0 Å². The molecule has 0 amide bonds. The zero-order chi connectivity index (χ0) is 12.4. The van der Waals surface area contributed by atoms with E-state index in [4.69, 9.17) is 10.2 Å². The van der Waals surface area contributed by atoms with E-state index in [0.717, 1.165) is 16.8 Å². The molecule has 17 heavy (non-hydrogen) atoms. The van der Waals surface area contributed by atoms with Crippen LogP contribution in [0, 0.1) is 6.92 Å². The Morgan fingerprint density at radius 3 is 2.71 bits per heavy atom. The van der Waals surface area contributed by atoms with Crippen molar-refractivity contribution in [1.29, 1.82) is 0 Å². The van der Waals surface area contributed by atoms with Crippen LogP contribution in [0.1, 0.15) is 11.1 Å². The highest BCUT2D eigenvalue weighted by Gasteiger charge is 2.14. The zero-order valence-corrected chi connectivity index (χ0v) is 9.83. The number of benzene rings is 1. The molecule has 6 heteroatoms. The lowest BCUT2D eigenvalue weighted by Gasteiger charge is -2.19. The SMILES string of the molecule is Cc1cc(CC(O)O)ccc1N1C=NN(C)N1. The van der Waals surface area contributed by atoms with Crippen molar-refractivity contribution in [2.45, 2.75) is 19.6 Å². The molecular formula is C11H16N4O2. The molecule has 1 aliphatic heterocycles. The largest absolute Gasteiger partial charge is 0.368 e. The second-order valence-electron chi connectivity index (χ2n) is 4.03. The number of hydrogen-bond donors (Lipinski definition) is 3. The predicted octanol–water partition coefficient (Wildman–Crippen LogP) is -0.0371. The number of nitrogens with one attached hydrogen (secondary N) is 1. The number of hydrogen-bond acceptors (Lipinski definition) is 6. The van der Waals surface area contributed by atoms with Crippen LogP contribution in [0.4, 0.5) is 5.69 Å². The van der Waals surface area contributed by atoms with Gasteiger partial charge in [-0.3, -0.25) is 0 Å². The Morgan fingerprint density at radius 1 is 1.41 bits per heavy atom. The number of hydrazine groups is 2. The minimum absolute atomic E-state index is 0.239. The van der Waals surface area contributed by atoms with Gasteiger partial charge in [0.05, 0.1) is 5.69 Å². The third kappa shape index (κ3) is 2.73. The molecule has 0 spiro atoms. The van der Waals surface area contributed by atoms with E-state index >= 15 is 0 Å². The fourth-order valence-electron chi connectivity index (χ4n) is 1.78. The van der Waals surface area contributed by atoms with Gasteiger partial charge < -0.3 is 10.2 Å². The van der Waals surface area contributed by atoms with Gasteiger partial charge in [-0.05, 0) is 24.1 Å². The third-order valence-electron chi connectivity index (χ3n) is 2.53. The van der Waals surface area contributed by atoms with E-state index in [-0.39, 0.29) is 6.42 Å². The van der Waals surface area contributed by atoms with Crippen LogP contribution in [0.25, 0.3) is 0 Å². The second kappa shape index (κ2) is 4.70. The van der Waals surface area contributed by atoms with Gasteiger partial charge in [-0.2, -0.15) is 0 Å². The summed E-state index contributed by atoms with van der Waals surface area (Å²) < 4.78 is 0. The van der Waals surface area contributed by atoms with E-state index in [1.54, 1.807) is 16.5 Å². The summed E-state index contributed by atoms with van der Waals surface area (Å²) in [5, 5.41) is 25.3. The Labute approximate surface area is 99.7 Å². The maximum atomic E-state index is 8.92. The topological polar surface area (TPSA) is 71.3 Å². The van der Waals surface area contributed by atoms with E-state index in [2.05, 4.69) is 10.6 Å². The average Bonchev–Trinajstić information content (AvgIpc) is 2.64. The lowest BCUT2D eigenvalue weighted by molar-refractivity contribution is -0.0381. The van der Waals surface area contributed by atoms with Gasteiger partial charge in [0, 0.05) is 13.5 Å². The molecule has 0 saturated carbocycles. The summed E-state index contributed by atoms with van der Waals surface area (Å²) in [4.78, 5) is 0. The number of aryl methyl sites for hydroxylation is 1. The van der Waals surface area contributed by atoms with Gasteiger partial charge in [0.1, 0.15) is 6.34 Å². The standard InChI is InChI=1S/C11H16N4O2/c1-8-5-9(6-11(16)17)3-4-10(8)15-7-12-14(2)13-15/h3-5,7,11,13,16-17H,6H2,1-2H3. The van der Waals surface area contributed by atoms with E-state index < -0.39 is 6.29 Å². The molecule has 92 valence electrons. The molecule has 6 nitrogen and oxygen atoms in total. The van der Waals surface area contributed by atoms with Gasteiger partial charge in [-0.25, -0.2) is 10.1 Å². The molecule has 3 N–H and O–H groups in total. The molecule has 1 aromatic carbocycles. The van der Waals surface area contributed by atoms with Gasteiger partial charge >= 0.3 is 0 Å². The van der Waals surface area contributed by atoms with Crippen molar-refractivity contribution < 1.29 is 10.2 Å². The van der Waals surface area contributed by atoms with Crippen molar-refractivity contribution in [1.82, 2.24) is 10.7 Å². The minimum Gasteiger partial charge on any atom is -0.368 e. The smallest absolute Gasteiger partial charge is 0.155 e. The first kappa shape index (κ1) is 11.8. The fraction of sp³-hybridized carbons (Fsp3) is 0.364. The molecule has 0 aliphatic carbocycles. The molecule has 0 fully saturated rings. The first-order valence-electron chi connectivity index (χ1n) is 5.35. The van der Waals surface area contributed by atoms with Crippen molar-refractivity contribution in [3.8, 4) is 0 Å². The first-order valence-corrected chi connectivity index (χ1v) is 5.35. The zero-order valence-electron chi connectivity index (χ0n) is 9.83. The lowest BCUT2D eigenvalue weighted by Crippen LogP contribution is -2.38. The Morgan fingerprint density at radius 2 is 2.18 bits per heavy atom. The van der Waals surface area contributed by atoms with E-state index in [0.29, 0.717) is 0 Å². The highest BCUT2D eigenvalue weighted by atomic mass is 16.5. The molecule has 0 saturated heterocycles. The summed E-state index contributed by atoms with van der Waals surface area (Å²) in [6, 6.07) is 5.73. The number of rotatable bonds is 3. The Hall–Kier alpha value is -1.63. The molecule has 0 atom stereocenters. The summed E-state index contributed by atoms with van der Waals surface area (Å²) in [6.07, 6.45) is 0.615. The maximum absolute atomic E-state index is 8.92. The highest BCUT2D eigenvalue weighted by Crippen LogP contribution is 2.21. The van der Waals surface area contributed by atoms with E-state index in [1.165, 1.54) is 0 Å². The molecule has 0 bridgehead atoms. The van der Waals surface area contributed by atoms with Crippen LogP contribution in [-0.4, -0.2) is 35.0 Å². The summed E-state index contributed by atoms with van der Waals surface area (Å²) in [6.45, 7) is 1.97. The highest BCUT2D eigenvalue weighted by molar-refractivity contribution is 5.80. The summed E-state index contributed by atoms with van der Waals surface area (Å²) >= 11 is 0. The van der Waals surface area contributed by atoms with Gasteiger partial charge in [0.2, 0.25) is 0 Å². The molecule has 1 aromatic rings. The van der Waals surface area contributed by atoms with Crippen LogP contribution in [0.2, 0.25) is 0 Å². The second-order valence-corrected chi connectivity index (χ2v) is 4.03. The third-order valence-corrected chi connectivity index (χ3v) is 2.53. The average molecular weight is 236 g/mol. The van der Waals surface area contributed by atoms with Crippen molar-refractivity contribution in [2.75, 3.05) is 12.1 Å². The van der Waals surface area contributed by atoms with Crippen LogP contribution in [-0.2, 0) is 6.42 Å². The quantitative estimate of drug-likeness (QED) is 0.642. The molecule has 0 aromatic heterocycles. The minimum atomic E-state index is -1.31. The first-order chi connectivity index (χ1) is 8.06. The summed E-state index contributed by atoms with van der Waals surface area (Å²) in [5.74, 6) is 0. The molecular weight excluding hydrogens is 220 g/mol. The van der Waals surface area contributed by atoms with Gasteiger partial charge in [-0.15, -0.1) is 10.6 Å². The molecule has 1 aliphatic rings. The fourth-order valence-corrected chi connectivity index (χ4v) is 1.78. The number of hydrazone groups is 1. The normalized spacial score (nSPS) is 15.1. The van der Waals surface area contributed by atoms with E-state index in [1.807, 2.05) is 32.2 Å². The number of nitrogens with zero attached hydrogens (tertiary/aromatic N) is 3. The molecule has 0 unspecified atom stereocenters. The summed E-state index contributed by atoms with van der Waals surface area (Å²) in [5.41, 5.74) is 5.93. The van der Waals surface area contributed by atoms with Crippen LogP contribution < -0.4 is 10.5 Å².